The van der Waals surface area contributed by atoms with E-state index in [1.165, 1.54) is 0 Å². The van der Waals surface area contributed by atoms with Crippen molar-refractivity contribution in [1.82, 2.24) is 5.16 Å². The van der Waals surface area contributed by atoms with E-state index in [-0.39, 0.29) is 11.7 Å². The number of carbonyl (C=O) groups excluding carboxylic acids is 1. The topological polar surface area (TPSA) is 81.2 Å². The lowest BCUT2D eigenvalue weighted by Crippen LogP contribution is -2.10. The smallest absolute Gasteiger partial charge is 0.294 e. The van der Waals surface area contributed by atoms with Crippen molar-refractivity contribution in [3.8, 4) is 0 Å². The average molecular weight is 217 g/mol. The van der Waals surface area contributed by atoms with E-state index < -0.39 is 0 Å². The van der Waals surface area contributed by atoms with Gasteiger partial charge in [0.1, 0.15) is 0 Å². The molecular formula is C11H11N3O2. The molecule has 5 heteroatoms. The highest BCUT2D eigenvalue weighted by molar-refractivity contribution is 6.02. The second-order valence-electron chi connectivity index (χ2n) is 3.41. The highest BCUT2D eigenvalue weighted by Gasteiger charge is 2.11. The van der Waals surface area contributed by atoms with E-state index in [0.29, 0.717) is 17.1 Å². The quantitative estimate of drug-likeness (QED) is 0.752. The average Bonchev–Trinajstić information content (AvgIpc) is 2.65. The molecule has 1 amide bonds. The number of rotatable bonds is 2. The predicted molar refractivity (Wildman–Crippen MR) is 60.0 cm³/mol. The molecule has 3 N–H and O–H groups in total. The Kier molecular flexibility index (Phi) is 2.59. The van der Waals surface area contributed by atoms with E-state index in [2.05, 4.69) is 10.5 Å². The SMILES string of the molecule is Cc1cc(C(=O)Nc2cccc(N)c2)on1. The summed E-state index contributed by atoms with van der Waals surface area (Å²) in [7, 11) is 0. The highest BCUT2D eigenvalue weighted by Crippen LogP contribution is 2.13. The Hall–Kier alpha value is -2.30. The molecule has 0 atom stereocenters. The van der Waals surface area contributed by atoms with Crippen LogP contribution in [-0.2, 0) is 0 Å². The summed E-state index contributed by atoms with van der Waals surface area (Å²) in [5.74, 6) is -0.161. The van der Waals surface area contributed by atoms with Gasteiger partial charge in [0.2, 0.25) is 5.76 Å². The number of anilines is 2. The summed E-state index contributed by atoms with van der Waals surface area (Å²) >= 11 is 0. The fraction of sp³-hybridized carbons (Fsp3) is 0.0909. The normalized spacial score (nSPS) is 10.1. The van der Waals surface area contributed by atoms with Gasteiger partial charge in [0.05, 0.1) is 5.69 Å². The van der Waals surface area contributed by atoms with Gasteiger partial charge in [0.25, 0.3) is 5.91 Å². The highest BCUT2D eigenvalue weighted by atomic mass is 16.5. The van der Waals surface area contributed by atoms with Gasteiger partial charge >= 0.3 is 0 Å². The van der Waals surface area contributed by atoms with Crippen molar-refractivity contribution in [1.29, 1.82) is 0 Å². The maximum absolute atomic E-state index is 11.7. The summed E-state index contributed by atoms with van der Waals surface area (Å²) in [4.78, 5) is 11.7. The third-order valence-electron chi connectivity index (χ3n) is 2.00. The van der Waals surface area contributed by atoms with Crippen LogP contribution in [0.4, 0.5) is 11.4 Å². The summed E-state index contributed by atoms with van der Waals surface area (Å²) in [6, 6.07) is 8.49. The lowest BCUT2D eigenvalue weighted by Gasteiger charge is -2.02. The zero-order chi connectivity index (χ0) is 11.5. The first-order chi connectivity index (χ1) is 7.65. The molecule has 0 radical (unpaired) electrons. The molecule has 1 aromatic heterocycles. The zero-order valence-electron chi connectivity index (χ0n) is 8.73. The number of carbonyl (C=O) groups is 1. The summed E-state index contributed by atoms with van der Waals surface area (Å²) in [6.07, 6.45) is 0. The molecule has 0 saturated carbocycles. The molecule has 5 nitrogen and oxygen atoms in total. The summed E-state index contributed by atoms with van der Waals surface area (Å²) in [6.45, 7) is 1.75. The minimum atomic E-state index is -0.341. The number of hydrogen-bond acceptors (Lipinski definition) is 4. The third-order valence-corrected chi connectivity index (χ3v) is 2.00. The van der Waals surface area contributed by atoms with Crippen LogP contribution in [0.3, 0.4) is 0 Å². The largest absolute Gasteiger partial charge is 0.399 e. The molecule has 0 aliphatic rings. The van der Waals surface area contributed by atoms with Crippen molar-refractivity contribution in [2.24, 2.45) is 0 Å². The van der Waals surface area contributed by atoms with E-state index in [1.807, 2.05) is 0 Å². The predicted octanol–water partition coefficient (Wildman–Crippen LogP) is 1.82. The number of nitrogens with two attached hydrogens (primary N) is 1. The number of benzene rings is 1. The first-order valence-electron chi connectivity index (χ1n) is 4.75. The van der Waals surface area contributed by atoms with E-state index >= 15 is 0 Å². The second kappa shape index (κ2) is 4.06. The number of nitrogens with zero attached hydrogens (tertiary/aromatic N) is 1. The van der Waals surface area contributed by atoms with E-state index in [0.717, 1.165) is 0 Å². The monoisotopic (exact) mass is 217 g/mol. The first kappa shape index (κ1) is 10.2. The van der Waals surface area contributed by atoms with E-state index in [9.17, 15) is 4.79 Å². The number of aryl methyl sites for hydroxylation is 1. The lowest BCUT2D eigenvalue weighted by atomic mass is 10.2. The number of nitrogens with one attached hydrogen (secondary N) is 1. The Balaban J connectivity index is 2.13. The molecule has 0 aliphatic carbocycles. The van der Waals surface area contributed by atoms with Crippen LogP contribution in [0.2, 0.25) is 0 Å². The maximum atomic E-state index is 11.7. The van der Waals surface area contributed by atoms with Gasteiger partial charge in [0.15, 0.2) is 0 Å². The van der Waals surface area contributed by atoms with Gasteiger partial charge < -0.3 is 15.6 Å². The van der Waals surface area contributed by atoms with Crippen LogP contribution in [0, 0.1) is 6.92 Å². The number of hydrogen-bond donors (Lipinski definition) is 2. The molecule has 16 heavy (non-hydrogen) atoms. The standard InChI is InChI=1S/C11H11N3O2/c1-7-5-10(16-14-7)11(15)13-9-4-2-3-8(12)6-9/h2-6H,12H2,1H3,(H,13,15). The van der Waals surface area contributed by atoms with Crippen LogP contribution < -0.4 is 11.1 Å². The van der Waals surface area contributed by atoms with Crippen molar-refractivity contribution in [2.75, 3.05) is 11.1 Å². The van der Waals surface area contributed by atoms with Gasteiger partial charge in [-0.05, 0) is 25.1 Å². The molecule has 2 rings (SSSR count). The molecular weight excluding hydrogens is 206 g/mol. The molecule has 1 aromatic carbocycles. The Morgan fingerprint density at radius 1 is 1.44 bits per heavy atom. The van der Waals surface area contributed by atoms with Crippen LogP contribution >= 0.6 is 0 Å². The van der Waals surface area contributed by atoms with Gasteiger partial charge in [-0.1, -0.05) is 11.2 Å². The summed E-state index contributed by atoms with van der Waals surface area (Å²) in [5, 5.41) is 6.30. The number of amides is 1. The lowest BCUT2D eigenvalue weighted by molar-refractivity contribution is 0.0988. The zero-order valence-corrected chi connectivity index (χ0v) is 8.73. The molecule has 0 unspecified atom stereocenters. The van der Waals surface area contributed by atoms with Crippen LogP contribution in [0.5, 0.6) is 0 Å². The van der Waals surface area contributed by atoms with Crippen LogP contribution in [0.25, 0.3) is 0 Å². The van der Waals surface area contributed by atoms with Crippen LogP contribution in [0.15, 0.2) is 34.9 Å². The van der Waals surface area contributed by atoms with Crippen molar-refractivity contribution in [3.05, 3.63) is 41.8 Å². The van der Waals surface area contributed by atoms with Crippen molar-refractivity contribution < 1.29 is 9.32 Å². The molecule has 0 fully saturated rings. The number of nitrogen functional groups attached to an aromatic ring is 1. The summed E-state index contributed by atoms with van der Waals surface area (Å²) < 4.78 is 4.84. The Bertz CT molecular complexity index is 519. The van der Waals surface area contributed by atoms with Crippen molar-refractivity contribution in [2.45, 2.75) is 6.92 Å². The minimum Gasteiger partial charge on any atom is -0.399 e. The van der Waals surface area contributed by atoms with Crippen molar-refractivity contribution in [3.63, 3.8) is 0 Å². The molecule has 82 valence electrons. The first-order valence-corrected chi connectivity index (χ1v) is 4.75. The summed E-state index contributed by atoms with van der Waals surface area (Å²) in [5.41, 5.74) is 7.47. The Morgan fingerprint density at radius 3 is 2.88 bits per heavy atom. The fourth-order valence-electron chi connectivity index (χ4n) is 1.28. The van der Waals surface area contributed by atoms with Crippen molar-refractivity contribution >= 4 is 17.3 Å². The molecule has 0 saturated heterocycles. The second-order valence-corrected chi connectivity index (χ2v) is 3.41. The molecule has 0 bridgehead atoms. The Morgan fingerprint density at radius 2 is 2.25 bits per heavy atom. The van der Waals surface area contributed by atoms with Gasteiger partial charge in [-0.3, -0.25) is 4.79 Å². The van der Waals surface area contributed by atoms with Gasteiger partial charge in [-0.2, -0.15) is 0 Å². The van der Waals surface area contributed by atoms with Crippen LogP contribution in [0.1, 0.15) is 16.2 Å². The van der Waals surface area contributed by atoms with E-state index in [4.69, 9.17) is 10.3 Å². The molecule has 0 spiro atoms. The van der Waals surface area contributed by atoms with Gasteiger partial charge in [0, 0.05) is 17.4 Å². The molecule has 1 heterocycles. The molecule has 0 aliphatic heterocycles. The fourth-order valence-corrected chi connectivity index (χ4v) is 1.28. The molecule has 2 aromatic rings. The van der Waals surface area contributed by atoms with E-state index in [1.54, 1.807) is 37.3 Å². The van der Waals surface area contributed by atoms with Gasteiger partial charge in [-0.25, -0.2) is 0 Å². The minimum absolute atomic E-state index is 0.180. The third kappa shape index (κ3) is 2.20. The number of aromatic nitrogens is 1. The van der Waals surface area contributed by atoms with Crippen LogP contribution in [-0.4, -0.2) is 11.1 Å². The van der Waals surface area contributed by atoms with Gasteiger partial charge in [-0.15, -0.1) is 0 Å². The Labute approximate surface area is 92.2 Å². The maximum Gasteiger partial charge on any atom is 0.294 e.